The molecule has 0 heterocycles. The first-order valence-corrected chi connectivity index (χ1v) is 8.12. The molecule has 0 saturated heterocycles. The van der Waals surface area contributed by atoms with Crippen molar-refractivity contribution in [3.63, 3.8) is 0 Å². The third kappa shape index (κ3) is 7.18. The molecule has 1 rings (SSSR count). The average Bonchev–Trinajstić information content (AvgIpc) is 2.43. The molecule has 1 amide bonds. The van der Waals surface area contributed by atoms with Crippen molar-refractivity contribution >= 4 is 23.6 Å². The number of carbonyl (C=O) groups is 2. The lowest BCUT2D eigenvalue weighted by Crippen LogP contribution is -2.34. The molecule has 1 aromatic carbocycles. The van der Waals surface area contributed by atoms with E-state index in [1.54, 1.807) is 24.3 Å². The molecular weight excluding hydrogens is 286 g/mol. The summed E-state index contributed by atoms with van der Waals surface area (Å²) in [6, 6.07) is 6.74. The molecule has 0 aliphatic rings. The summed E-state index contributed by atoms with van der Waals surface area (Å²) in [7, 11) is 0. The quantitative estimate of drug-likeness (QED) is 0.722. The van der Waals surface area contributed by atoms with Crippen LogP contribution in [0.25, 0.3) is 0 Å². The summed E-state index contributed by atoms with van der Waals surface area (Å²) in [5.41, 5.74) is 0.256. The van der Waals surface area contributed by atoms with E-state index < -0.39 is 5.97 Å². The van der Waals surface area contributed by atoms with E-state index in [-0.39, 0.29) is 17.5 Å². The summed E-state index contributed by atoms with van der Waals surface area (Å²) in [5.74, 6) is 0.0617. The van der Waals surface area contributed by atoms with Crippen molar-refractivity contribution in [1.29, 1.82) is 0 Å². The van der Waals surface area contributed by atoms with Crippen LogP contribution in [0.3, 0.4) is 0 Å². The molecule has 0 bridgehead atoms. The van der Waals surface area contributed by atoms with Gasteiger partial charge < -0.3 is 10.4 Å². The first-order chi connectivity index (χ1) is 9.88. The molecule has 1 aromatic rings. The topological polar surface area (TPSA) is 66.4 Å². The highest BCUT2D eigenvalue weighted by molar-refractivity contribution is 8.00. The van der Waals surface area contributed by atoms with Gasteiger partial charge >= 0.3 is 5.97 Å². The molecule has 0 saturated carbocycles. The van der Waals surface area contributed by atoms with Gasteiger partial charge in [0.25, 0.3) is 0 Å². The Kier molecular flexibility index (Phi) is 7.29. The van der Waals surface area contributed by atoms with Crippen molar-refractivity contribution < 1.29 is 14.7 Å². The molecule has 0 aromatic heterocycles. The number of hydrogen-bond acceptors (Lipinski definition) is 3. The van der Waals surface area contributed by atoms with Crippen molar-refractivity contribution in [2.45, 2.75) is 44.6 Å². The molecule has 0 fully saturated rings. The fourth-order valence-electron chi connectivity index (χ4n) is 1.81. The average molecular weight is 309 g/mol. The molecule has 21 heavy (non-hydrogen) atoms. The Labute approximate surface area is 130 Å². The second-order valence-electron chi connectivity index (χ2n) is 5.56. The van der Waals surface area contributed by atoms with Crippen LogP contribution in [0.15, 0.2) is 29.2 Å². The second-order valence-corrected chi connectivity index (χ2v) is 6.61. The molecule has 1 unspecified atom stereocenters. The van der Waals surface area contributed by atoms with E-state index in [9.17, 15) is 9.59 Å². The van der Waals surface area contributed by atoms with Crippen molar-refractivity contribution in [2.24, 2.45) is 5.92 Å². The summed E-state index contributed by atoms with van der Waals surface area (Å²) in [6.07, 6.45) is 2.09. The van der Waals surface area contributed by atoms with Gasteiger partial charge in [-0.1, -0.05) is 13.8 Å². The largest absolute Gasteiger partial charge is 0.478 e. The zero-order valence-corrected chi connectivity index (χ0v) is 13.6. The molecule has 0 radical (unpaired) electrons. The molecule has 4 nitrogen and oxygen atoms in total. The fourth-order valence-corrected chi connectivity index (χ4v) is 2.52. The third-order valence-corrected chi connectivity index (χ3v) is 4.07. The molecule has 0 spiro atoms. The summed E-state index contributed by atoms with van der Waals surface area (Å²) in [6.45, 7) is 6.36. The van der Waals surface area contributed by atoms with E-state index in [1.165, 1.54) is 11.8 Å². The van der Waals surface area contributed by atoms with Gasteiger partial charge in [-0.25, -0.2) is 4.79 Å². The van der Waals surface area contributed by atoms with Crippen molar-refractivity contribution in [1.82, 2.24) is 5.32 Å². The molecule has 1 atom stereocenters. The summed E-state index contributed by atoms with van der Waals surface area (Å²) in [4.78, 5) is 23.5. The summed E-state index contributed by atoms with van der Waals surface area (Å²) in [5, 5.41) is 11.8. The number of benzene rings is 1. The molecule has 2 N–H and O–H groups in total. The Balaban J connectivity index is 2.34. The monoisotopic (exact) mass is 309 g/mol. The van der Waals surface area contributed by atoms with Gasteiger partial charge in [0.05, 0.1) is 11.3 Å². The summed E-state index contributed by atoms with van der Waals surface area (Å²) < 4.78 is 0. The van der Waals surface area contributed by atoms with E-state index in [0.29, 0.717) is 11.7 Å². The highest BCUT2D eigenvalue weighted by Crippen LogP contribution is 2.18. The van der Waals surface area contributed by atoms with E-state index in [2.05, 4.69) is 19.2 Å². The van der Waals surface area contributed by atoms with Gasteiger partial charge in [0.15, 0.2) is 0 Å². The van der Waals surface area contributed by atoms with Crippen LogP contribution in [0.2, 0.25) is 0 Å². The number of amides is 1. The van der Waals surface area contributed by atoms with E-state index in [4.69, 9.17) is 5.11 Å². The van der Waals surface area contributed by atoms with Crippen LogP contribution in [-0.2, 0) is 4.79 Å². The first kappa shape index (κ1) is 17.6. The van der Waals surface area contributed by atoms with Gasteiger partial charge in [0.2, 0.25) is 5.91 Å². The fraction of sp³-hybridized carbons (Fsp3) is 0.500. The smallest absolute Gasteiger partial charge is 0.335 e. The van der Waals surface area contributed by atoms with E-state index in [0.717, 1.165) is 17.7 Å². The van der Waals surface area contributed by atoms with Crippen molar-refractivity contribution in [2.75, 3.05) is 5.75 Å². The highest BCUT2D eigenvalue weighted by Gasteiger charge is 2.09. The number of carbonyl (C=O) groups excluding carboxylic acids is 1. The number of thioether (sulfide) groups is 1. The molecule has 0 aliphatic carbocycles. The molecule has 116 valence electrons. The van der Waals surface area contributed by atoms with Crippen molar-refractivity contribution in [3.05, 3.63) is 29.8 Å². The standard InChI is InChI=1S/C16H23NO3S/c1-11(2)4-5-12(3)17-15(18)10-21-14-8-6-13(7-9-14)16(19)20/h6-9,11-12H,4-5,10H2,1-3H3,(H,17,18)(H,19,20). The normalized spacial score (nSPS) is 12.2. The highest BCUT2D eigenvalue weighted by atomic mass is 32.2. The van der Waals surface area contributed by atoms with Gasteiger partial charge in [0.1, 0.15) is 0 Å². The minimum atomic E-state index is -0.941. The van der Waals surface area contributed by atoms with Gasteiger partial charge in [-0.3, -0.25) is 4.79 Å². The van der Waals surface area contributed by atoms with Crippen LogP contribution in [0.5, 0.6) is 0 Å². The lowest BCUT2D eigenvalue weighted by atomic mass is 10.0. The predicted molar refractivity (Wildman–Crippen MR) is 85.8 cm³/mol. The first-order valence-electron chi connectivity index (χ1n) is 7.14. The van der Waals surface area contributed by atoms with Crippen LogP contribution in [0.1, 0.15) is 44.0 Å². The van der Waals surface area contributed by atoms with Crippen LogP contribution < -0.4 is 5.32 Å². The Bertz CT molecular complexity index is 471. The van der Waals surface area contributed by atoms with Crippen LogP contribution in [-0.4, -0.2) is 28.8 Å². The number of carboxylic acid groups (broad SMARTS) is 1. The van der Waals surface area contributed by atoms with E-state index >= 15 is 0 Å². The minimum Gasteiger partial charge on any atom is -0.478 e. The number of aromatic carboxylic acids is 1. The molecule has 0 aliphatic heterocycles. The van der Waals surface area contributed by atoms with Gasteiger partial charge in [0, 0.05) is 10.9 Å². The SMILES string of the molecule is CC(C)CCC(C)NC(=O)CSc1ccc(C(=O)O)cc1. The Hall–Kier alpha value is -1.49. The lowest BCUT2D eigenvalue weighted by Gasteiger charge is -2.14. The maximum absolute atomic E-state index is 11.8. The number of carboxylic acids is 1. The predicted octanol–water partition coefficient (Wildman–Crippen LogP) is 3.42. The van der Waals surface area contributed by atoms with Gasteiger partial charge in [-0.15, -0.1) is 11.8 Å². The Morgan fingerprint density at radius 3 is 2.29 bits per heavy atom. The summed E-state index contributed by atoms with van der Waals surface area (Å²) >= 11 is 1.41. The van der Waals surface area contributed by atoms with Crippen LogP contribution in [0.4, 0.5) is 0 Å². The van der Waals surface area contributed by atoms with Gasteiger partial charge in [-0.05, 0) is 49.9 Å². The minimum absolute atomic E-state index is 0.0126. The van der Waals surface area contributed by atoms with Crippen molar-refractivity contribution in [3.8, 4) is 0 Å². The third-order valence-electron chi connectivity index (χ3n) is 3.06. The molecular formula is C16H23NO3S. The van der Waals surface area contributed by atoms with Gasteiger partial charge in [-0.2, -0.15) is 0 Å². The number of nitrogens with one attached hydrogen (secondary N) is 1. The second kappa shape index (κ2) is 8.72. The maximum atomic E-state index is 11.8. The zero-order valence-electron chi connectivity index (χ0n) is 12.8. The number of hydrogen-bond donors (Lipinski definition) is 2. The molecule has 5 heteroatoms. The number of rotatable bonds is 8. The maximum Gasteiger partial charge on any atom is 0.335 e. The lowest BCUT2D eigenvalue weighted by molar-refractivity contribution is -0.119. The van der Waals surface area contributed by atoms with E-state index in [1.807, 2.05) is 6.92 Å². The Morgan fingerprint density at radius 1 is 1.14 bits per heavy atom. The zero-order chi connectivity index (χ0) is 15.8. The van der Waals surface area contributed by atoms with Crippen LogP contribution >= 0.6 is 11.8 Å². The van der Waals surface area contributed by atoms with Crippen LogP contribution in [0, 0.1) is 5.92 Å². The Morgan fingerprint density at radius 2 is 1.76 bits per heavy atom.